The molecule has 0 aromatic heterocycles. The third-order valence-electron chi connectivity index (χ3n) is 7.48. The van der Waals surface area contributed by atoms with Crippen molar-refractivity contribution < 1.29 is 19.1 Å². The van der Waals surface area contributed by atoms with Crippen molar-refractivity contribution >= 4 is 17.4 Å². The highest BCUT2D eigenvalue weighted by Gasteiger charge is 2.41. The van der Waals surface area contributed by atoms with Gasteiger partial charge in [0.2, 0.25) is 0 Å². The lowest BCUT2D eigenvalue weighted by Crippen LogP contribution is -2.37. The van der Waals surface area contributed by atoms with Crippen LogP contribution in [0.4, 0.5) is 5.69 Å². The van der Waals surface area contributed by atoms with Crippen LogP contribution < -0.4 is 20.1 Å². The number of methoxy groups -OCH3 is 2. The van der Waals surface area contributed by atoms with Crippen LogP contribution in [-0.4, -0.2) is 25.9 Å². The predicted molar refractivity (Wildman–Crippen MR) is 148 cm³/mol. The molecule has 1 aliphatic heterocycles. The summed E-state index contributed by atoms with van der Waals surface area (Å²) in [5.74, 6) is 0.666. The molecule has 0 unspecified atom stereocenters. The molecule has 3 aromatic rings. The van der Waals surface area contributed by atoms with Crippen LogP contribution in [0.25, 0.3) is 0 Å². The lowest BCUT2D eigenvalue weighted by Gasteiger charge is -2.37. The smallest absolute Gasteiger partial charge is 0.254 e. The fourth-order valence-corrected chi connectivity index (χ4v) is 5.56. The highest BCUT2D eigenvalue weighted by Crippen LogP contribution is 2.46. The van der Waals surface area contributed by atoms with Gasteiger partial charge in [-0.25, -0.2) is 0 Å². The van der Waals surface area contributed by atoms with E-state index in [1.54, 1.807) is 14.2 Å². The standard InChI is InChI=1S/C32H32N2O4/c1-19-10-8-9-13-24(19)34-32(36)29-20(2)33-25-16-23(22-14-15-27(37-3)28(18-22)38-4)17-26(35)31(25)30(29)21-11-6-5-7-12-21/h5-15,18,23,30,33H,16-17H2,1-4H3,(H,34,36)/t23-,30-/m0/s1. The number of Topliss-reactive ketones (excluding diaryl/α,β-unsaturated/α-hetero) is 1. The fraction of sp³-hybridized carbons (Fsp3) is 0.250. The number of ketones is 1. The maximum absolute atomic E-state index is 13.9. The average molecular weight is 509 g/mol. The van der Waals surface area contributed by atoms with Crippen LogP contribution in [-0.2, 0) is 9.59 Å². The van der Waals surface area contributed by atoms with Gasteiger partial charge in [0.05, 0.1) is 14.2 Å². The summed E-state index contributed by atoms with van der Waals surface area (Å²) in [5.41, 5.74) is 6.55. The van der Waals surface area contributed by atoms with Gasteiger partial charge in [-0.3, -0.25) is 9.59 Å². The van der Waals surface area contributed by atoms with E-state index in [1.165, 1.54) is 0 Å². The summed E-state index contributed by atoms with van der Waals surface area (Å²) in [6.45, 7) is 3.88. The molecule has 0 saturated carbocycles. The Morgan fingerprint density at radius 3 is 2.29 bits per heavy atom. The number of ether oxygens (including phenoxy) is 2. The lowest BCUT2D eigenvalue weighted by atomic mass is 9.71. The van der Waals surface area contributed by atoms with Crippen LogP contribution in [0.2, 0.25) is 0 Å². The monoisotopic (exact) mass is 508 g/mol. The molecular formula is C32H32N2O4. The SMILES string of the molecule is COc1ccc([C@@H]2CC(=O)C3=C(C2)NC(C)=C(C(=O)Nc2ccccc2C)[C@@H]3c2ccccc2)cc1OC. The summed E-state index contributed by atoms with van der Waals surface area (Å²) in [6, 6.07) is 23.3. The van der Waals surface area contributed by atoms with Crippen LogP contribution in [0, 0.1) is 6.92 Å². The van der Waals surface area contributed by atoms with Gasteiger partial charge in [0, 0.05) is 40.6 Å². The van der Waals surface area contributed by atoms with E-state index >= 15 is 0 Å². The molecule has 1 heterocycles. The summed E-state index contributed by atoms with van der Waals surface area (Å²) < 4.78 is 10.9. The first-order valence-corrected chi connectivity index (χ1v) is 12.8. The number of carbonyl (C=O) groups is 2. The van der Waals surface area contributed by atoms with E-state index in [0.29, 0.717) is 35.5 Å². The van der Waals surface area contributed by atoms with Crippen LogP contribution in [0.15, 0.2) is 95.3 Å². The van der Waals surface area contributed by atoms with Crippen molar-refractivity contribution in [2.45, 2.75) is 38.5 Å². The normalized spacial score (nSPS) is 19.0. The molecule has 0 bridgehead atoms. The summed E-state index contributed by atoms with van der Waals surface area (Å²) in [7, 11) is 3.22. The van der Waals surface area contributed by atoms with E-state index in [-0.39, 0.29) is 17.6 Å². The van der Waals surface area contributed by atoms with Gasteiger partial charge in [0.15, 0.2) is 17.3 Å². The summed E-state index contributed by atoms with van der Waals surface area (Å²) >= 11 is 0. The maximum Gasteiger partial charge on any atom is 0.254 e. The van der Waals surface area contributed by atoms with Crippen molar-refractivity contribution in [1.82, 2.24) is 5.32 Å². The fourth-order valence-electron chi connectivity index (χ4n) is 5.56. The Morgan fingerprint density at radius 2 is 1.58 bits per heavy atom. The highest BCUT2D eigenvalue weighted by atomic mass is 16.5. The summed E-state index contributed by atoms with van der Waals surface area (Å²) in [4.78, 5) is 27.6. The maximum atomic E-state index is 13.9. The average Bonchev–Trinajstić information content (AvgIpc) is 2.93. The topological polar surface area (TPSA) is 76.7 Å². The molecule has 5 rings (SSSR count). The van der Waals surface area contributed by atoms with E-state index in [4.69, 9.17) is 9.47 Å². The van der Waals surface area contributed by atoms with E-state index in [9.17, 15) is 9.59 Å². The van der Waals surface area contributed by atoms with Gasteiger partial charge >= 0.3 is 0 Å². The van der Waals surface area contributed by atoms with Crippen LogP contribution in [0.1, 0.15) is 48.3 Å². The molecule has 0 spiro atoms. The number of nitrogens with one attached hydrogen (secondary N) is 2. The number of dihydropyridines is 1. The van der Waals surface area contributed by atoms with Gasteiger partial charge in [0.25, 0.3) is 5.91 Å². The molecule has 1 aliphatic carbocycles. The highest BCUT2D eigenvalue weighted by molar-refractivity contribution is 6.10. The molecule has 2 aliphatic rings. The number of hydrogen-bond acceptors (Lipinski definition) is 5. The third-order valence-corrected chi connectivity index (χ3v) is 7.48. The second-order valence-corrected chi connectivity index (χ2v) is 9.81. The zero-order chi connectivity index (χ0) is 26.8. The van der Waals surface area contributed by atoms with Crippen molar-refractivity contribution in [2.24, 2.45) is 0 Å². The summed E-state index contributed by atoms with van der Waals surface area (Å²) in [5, 5.41) is 6.53. The first-order valence-electron chi connectivity index (χ1n) is 12.8. The van der Waals surface area contributed by atoms with Gasteiger partial charge in [-0.2, -0.15) is 0 Å². The molecule has 6 heteroatoms. The zero-order valence-electron chi connectivity index (χ0n) is 22.1. The molecule has 0 saturated heterocycles. The van der Waals surface area contributed by atoms with Crippen molar-refractivity contribution in [3.8, 4) is 11.5 Å². The number of benzene rings is 3. The first-order chi connectivity index (χ1) is 18.4. The minimum atomic E-state index is -0.449. The number of aryl methyl sites for hydroxylation is 1. The van der Waals surface area contributed by atoms with Crippen molar-refractivity contribution in [2.75, 3.05) is 19.5 Å². The minimum absolute atomic E-state index is 0.0138. The molecule has 1 amide bonds. The molecular weight excluding hydrogens is 476 g/mol. The molecule has 6 nitrogen and oxygen atoms in total. The zero-order valence-corrected chi connectivity index (χ0v) is 22.1. The van der Waals surface area contributed by atoms with E-state index in [2.05, 4.69) is 10.6 Å². The number of carbonyl (C=O) groups excluding carboxylic acids is 2. The largest absolute Gasteiger partial charge is 0.493 e. The van der Waals surface area contributed by atoms with Crippen LogP contribution >= 0.6 is 0 Å². The van der Waals surface area contributed by atoms with Crippen molar-refractivity contribution in [1.29, 1.82) is 0 Å². The van der Waals surface area contributed by atoms with Crippen molar-refractivity contribution in [3.05, 3.63) is 112 Å². The molecule has 3 aromatic carbocycles. The van der Waals surface area contributed by atoms with Gasteiger partial charge in [-0.1, -0.05) is 54.6 Å². The van der Waals surface area contributed by atoms with E-state index in [0.717, 1.165) is 33.8 Å². The lowest BCUT2D eigenvalue weighted by molar-refractivity contribution is -0.116. The van der Waals surface area contributed by atoms with Gasteiger partial charge in [-0.05, 0) is 61.1 Å². The molecule has 0 radical (unpaired) electrons. The Morgan fingerprint density at radius 1 is 0.868 bits per heavy atom. The van der Waals surface area contributed by atoms with Gasteiger partial charge in [-0.15, -0.1) is 0 Å². The van der Waals surface area contributed by atoms with Crippen LogP contribution in [0.3, 0.4) is 0 Å². The van der Waals surface area contributed by atoms with E-state index < -0.39 is 5.92 Å². The van der Waals surface area contributed by atoms with Crippen LogP contribution in [0.5, 0.6) is 11.5 Å². The predicted octanol–water partition coefficient (Wildman–Crippen LogP) is 6.01. The van der Waals surface area contributed by atoms with Crippen molar-refractivity contribution in [3.63, 3.8) is 0 Å². The minimum Gasteiger partial charge on any atom is -0.493 e. The Bertz CT molecular complexity index is 1460. The molecule has 2 N–H and O–H groups in total. The Balaban J connectivity index is 1.53. The molecule has 38 heavy (non-hydrogen) atoms. The Labute approximate surface area is 223 Å². The first kappa shape index (κ1) is 25.3. The van der Waals surface area contributed by atoms with E-state index in [1.807, 2.05) is 86.6 Å². The number of hydrogen-bond donors (Lipinski definition) is 2. The number of allylic oxidation sites excluding steroid dienone is 3. The Hall–Kier alpha value is -4.32. The van der Waals surface area contributed by atoms with Gasteiger partial charge in [0.1, 0.15) is 0 Å². The number of amides is 1. The second-order valence-electron chi connectivity index (χ2n) is 9.81. The Kier molecular flexibility index (Phi) is 7.05. The number of anilines is 1. The quantitative estimate of drug-likeness (QED) is 0.426. The molecule has 194 valence electrons. The number of para-hydroxylation sites is 1. The summed E-state index contributed by atoms with van der Waals surface area (Å²) in [6.07, 6.45) is 1.01. The number of rotatable bonds is 6. The third kappa shape index (κ3) is 4.70. The molecule has 0 fully saturated rings. The second kappa shape index (κ2) is 10.6. The molecule has 2 atom stereocenters. The van der Waals surface area contributed by atoms with Gasteiger partial charge < -0.3 is 20.1 Å².